The lowest BCUT2D eigenvalue weighted by Gasteiger charge is -2.35. The van der Waals surface area contributed by atoms with Gasteiger partial charge >= 0.3 is 0 Å². The Hall–Kier alpha value is -3.58. The van der Waals surface area contributed by atoms with Crippen molar-refractivity contribution in [1.82, 2.24) is 20.1 Å². The molecule has 5 rings (SSSR count). The molecule has 7 heteroatoms. The number of benzene rings is 2. The Morgan fingerprint density at radius 1 is 1.06 bits per heavy atom. The van der Waals surface area contributed by atoms with Crippen molar-refractivity contribution in [3.63, 3.8) is 0 Å². The molecular formula is C24H22FN5O. The largest absolute Gasteiger partial charge is 0.377 e. The molecule has 0 saturated carbocycles. The van der Waals surface area contributed by atoms with Crippen molar-refractivity contribution in [2.75, 3.05) is 19.4 Å². The lowest BCUT2D eigenvalue weighted by Crippen LogP contribution is -2.28. The van der Waals surface area contributed by atoms with Gasteiger partial charge in [0.25, 0.3) is 5.56 Å². The van der Waals surface area contributed by atoms with Crippen LogP contribution in [-0.4, -0.2) is 34.2 Å². The molecule has 0 bridgehead atoms. The Morgan fingerprint density at radius 3 is 2.65 bits per heavy atom. The second-order valence-electron chi connectivity index (χ2n) is 8.18. The van der Waals surface area contributed by atoms with Crippen molar-refractivity contribution in [1.29, 1.82) is 0 Å². The maximum absolute atomic E-state index is 14.3. The zero-order chi connectivity index (χ0) is 21.5. The molecule has 0 fully saturated rings. The normalized spacial score (nSPS) is 17.7. The van der Waals surface area contributed by atoms with E-state index in [0.717, 1.165) is 23.4 Å². The summed E-state index contributed by atoms with van der Waals surface area (Å²) in [4.78, 5) is 18.7. The Kier molecular flexibility index (Phi) is 4.75. The van der Waals surface area contributed by atoms with Crippen LogP contribution in [0.1, 0.15) is 34.3 Å². The smallest absolute Gasteiger partial charge is 0.272 e. The topological polar surface area (TPSA) is 73.9 Å². The standard InChI is InChI=1S/C24H22FN5O/c1-30(2)13-14-4-3-5-16(10-14)20-22(15-6-8-26-9-7-15)27-19-12-17(25)11-18-21(19)23(20)28-29-24(18)31/h3-12,20,22,27H,13H2,1-2H3,(H,29,31)/t20-,22+/m1/s1. The summed E-state index contributed by atoms with van der Waals surface area (Å²) in [5.74, 6) is -0.639. The maximum atomic E-state index is 14.3. The second kappa shape index (κ2) is 7.59. The van der Waals surface area contributed by atoms with Crippen molar-refractivity contribution in [3.05, 3.63) is 99.5 Å². The van der Waals surface area contributed by atoms with Crippen LogP contribution in [0.4, 0.5) is 10.1 Å². The third-order valence-electron chi connectivity index (χ3n) is 5.69. The van der Waals surface area contributed by atoms with Crippen LogP contribution >= 0.6 is 0 Å². The summed E-state index contributed by atoms with van der Waals surface area (Å²) in [7, 11) is 4.07. The Bertz CT molecular complexity index is 1320. The molecule has 2 aromatic heterocycles. The van der Waals surface area contributed by atoms with Crippen molar-refractivity contribution in [2.45, 2.75) is 18.5 Å². The molecule has 2 N–H and O–H groups in total. The molecule has 156 valence electrons. The first kappa shape index (κ1) is 19.4. The van der Waals surface area contributed by atoms with Crippen LogP contribution in [0.25, 0.3) is 10.8 Å². The molecule has 6 nitrogen and oxygen atoms in total. The lowest BCUT2D eigenvalue weighted by molar-refractivity contribution is 0.402. The zero-order valence-electron chi connectivity index (χ0n) is 17.3. The summed E-state index contributed by atoms with van der Waals surface area (Å²) in [6, 6.07) is 14.8. The molecule has 1 aliphatic rings. The van der Waals surface area contributed by atoms with Crippen LogP contribution in [-0.2, 0) is 6.54 Å². The van der Waals surface area contributed by atoms with E-state index < -0.39 is 11.4 Å². The Labute approximate surface area is 178 Å². The van der Waals surface area contributed by atoms with Crippen LogP contribution in [0, 0.1) is 5.82 Å². The lowest BCUT2D eigenvalue weighted by atomic mass is 9.80. The first-order chi connectivity index (χ1) is 15.0. The number of aromatic amines is 1. The van der Waals surface area contributed by atoms with Gasteiger partial charge < -0.3 is 10.2 Å². The van der Waals surface area contributed by atoms with Crippen molar-refractivity contribution in [2.24, 2.45) is 0 Å². The molecular weight excluding hydrogens is 393 g/mol. The first-order valence-electron chi connectivity index (χ1n) is 10.1. The van der Waals surface area contributed by atoms with Gasteiger partial charge in [0.2, 0.25) is 0 Å². The van der Waals surface area contributed by atoms with Crippen molar-refractivity contribution in [3.8, 4) is 0 Å². The van der Waals surface area contributed by atoms with Gasteiger partial charge in [-0.15, -0.1) is 0 Å². The molecule has 0 unspecified atom stereocenters. The van der Waals surface area contributed by atoms with E-state index in [-0.39, 0.29) is 12.0 Å². The molecule has 0 radical (unpaired) electrons. The van der Waals surface area contributed by atoms with Crippen molar-refractivity contribution < 1.29 is 4.39 Å². The highest BCUT2D eigenvalue weighted by Crippen LogP contribution is 2.46. The fourth-order valence-electron chi connectivity index (χ4n) is 4.48. The number of pyridine rings is 1. The number of nitrogens with zero attached hydrogens (tertiary/aromatic N) is 3. The summed E-state index contributed by atoms with van der Waals surface area (Å²) < 4.78 is 14.3. The molecule has 0 spiro atoms. The van der Waals surface area contributed by atoms with E-state index in [4.69, 9.17) is 0 Å². The number of nitrogens with one attached hydrogen (secondary N) is 2. The van der Waals surface area contributed by atoms with E-state index in [0.29, 0.717) is 16.5 Å². The van der Waals surface area contributed by atoms with Crippen LogP contribution in [0.3, 0.4) is 0 Å². The minimum atomic E-state index is -0.461. The van der Waals surface area contributed by atoms with Crippen LogP contribution in [0.2, 0.25) is 0 Å². The van der Waals surface area contributed by atoms with E-state index in [1.54, 1.807) is 12.4 Å². The molecule has 31 heavy (non-hydrogen) atoms. The molecule has 0 amide bonds. The fraction of sp³-hybridized carbons (Fsp3) is 0.208. The van der Waals surface area contributed by atoms with E-state index in [1.807, 2.05) is 32.3 Å². The average Bonchev–Trinajstić information content (AvgIpc) is 2.75. The Balaban J connectivity index is 1.76. The Morgan fingerprint density at radius 2 is 1.87 bits per heavy atom. The highest BCUT2D eigenvalue weighted by Gasteiger charge is 2.35. The number of anilines is 1. The number of hydrogen-bond acceptors (Lipinski definition) is 5. The highest BCUT2D eigenvalue weighted by molar-refractivity contribution is 5.97. The van der Waals surface area contributed by atoms with E-state index >= 15 is 0 Å². The van der Waals surface area contributed by atoms with Gasteiger partial charge in [-0.3, -0.25) is 9.78 Å². The third kappa shape index (κ3) is 3.47. The number of H-pyrrole nitrogens is 1. The number of hydrogen-bond donors (Lipinski definition) is 2. The van der Waals surface area contributed by atoms with E-state index in [2.05, 4.69) is 43.6 Å². The predicted molar refractivity (Wildman–Crippen MR) is 119 cm³/mol. The fourth-order valence-corrected chi connectivity index (χ4v) is 4.48. The monoisotopic (exact) mass is 415 g/mol. The van der Waals surface area contributed by atoms with Gasteiger partial charge in [-0.25, -0.2) is 9.49 Å². The molecule has 2 aromatic carbocycles. The van der Waals surface area contributed by atoms with Crippen molar-refractivity contribution >= 4 is 16.5 Å². The van der Waals surface area contributed by atoms with Crippen LogP contribution < -0.4 is 10.9 Å². The molecule has 0 aliphatic carbocycles. The van der Waals surface area contributed by atoms with Crippen LogP contribution in [0.5, 0.6) is 0 Å². The van der Waals surface area contributed by atoms with Gasteiger partial charge in [-0.1, -0.05) is 24.3 Å². The molecule has 0 saturated heterocycles. The average molecular weight is 415 g/mol. The third-order valence-corrected chi connectivity index (χ3v) is 5.69. The molecule has 3 heterocycles. The number of aromatic nitrogens is 3. The van der Waals surface area contributed by atoms with E-state index in [9.17, 15) is 9.18 Å². The summed E-state index contributed by atoms with van der Waals surface area (Å²) in [6.07, 6.45) is 3.49. The van der Waals surface area contributed by atoms with Gasteiger partial charge in [-0.05, 0) is 55.1 Å². The zero-order valence-corrected chi connectivity index (χ0v) is 17.3. The van der Waals surface area contributed by atoms with Gasteiger partial charge in [0.05, 0.1) is 23.0 Å². The molecule has 2 atom stereocenters. The second-order valence-corrected chi connectivity index (χ2v) is 8.18. The quantitative estimate of drug-likeness (QED) is 0.530. The molecule has 4 aromatic rings. The summed E-state index contributed by atoms with van der Waals surface area (Å²) >= 11 is 0. The van der Waals surface area contributed by atoms with E-state index in [1.165, 1.54) is 17.7 Å². The maximum Gasteiger partial charge on any atom is 0.272 e. The predicted octanol–water partition coefficient (Wildman–Crippen LogP) is 3.82. The minimum absolute atomic E-state index is 0.179. The molecule has 1 aliphatic heterocycles. The summed E-state index contributed by atoms with van der Waals surface area (Å²) in [5.41, 5.74) is 4.17. The van der Waals surface area contributed by atoms with Crippen LogP contribution in [0.15, 0.2) is 65.7 Å². The summed E-state index contributed by atoms with van der Waals surface area (Å²) in [6.45, 7) is 0.810. The summed E-state index contributed by atoms with van der Waals surface area (Å²) in [5, 5.41) is 11.5. The van der Waals surface area contributed by atoms with Gasteiger partial charge in [0.1, 0.15) is 5.82 Å². The first-order valence-corrected chi connectivity index (χ1v) is 10.1. The SMILES string of the molecule is CN(C)Cc1cccc([C@H]2c3n[nH]c(=O)c4cc(F)cc(c34)N[C@H]2c2ccncc2)c1. The van der Waals surface area contributed by atoms with Gasteiger partial charge in [0, 0.05) is 30.0 Å². The number of rotatable bonds is 4. The van der Waals surface area contributed by atoms with Gasteiger partial charge in [0.15, 0.2) is 0 Å². The minimum Gasteiger partial charge on any atom is -0.377 e. The number of halogens is 1. The highest BCUT2D eigenvalue weighted by atomic mass is 19.1. The van der Waals surface area contributed by atoms with Gasteiger partial charge in [-0.2, -0.15) is 5.10 Å².